The van der Waals surface area contributed by atoms with E-state index >= 15 is 0 Å². The van der Waals surface area contributed by atoms with E-state index in [2.05, 4.69) is 39.0 Å². The smallest absolute Gasteiger partial charge is 0.217 e. The van der Waals surface area contributed by atoms with E-state index in [0.717, 1.165) is 12.0 Å². The molecule has 29 heavy (non-hydrogen) atoms. The van der Waals surface area contributed by atoms with Crippen LogP contribution in [-0.4, -0.2) is 11.7 Å². The van der Waals surface area contributed by atoms with Gasteiger partial charge in [0.15, 0.2) is 5.41 Å². The minimum absolute atomic E-state index is 0.302. The number of benzene rings is 1. The molecule has 2 heterocycles. The molecule has 1 aromatic carbocycles. The van der Waals surface area contributed by atoms with Crippen LogP contribution in [-0.2, 0) is 9.47 Å². The molecule has 6 nitrogen and oxygen atoms in total. The van der Waals surface area contributed by atoms with Crippen LogP contribution in [0.1, 0.15) is 63.2 Å². The van der Waals surface area contributed by atoms with Crippen molar-refractivity contribution in [2.45, 2.75) is 57.8 Å². The van der Waals surface area contributed by atoms with Crippen molar-refractivity contribution in [1.29, 1.82) is 21.2 Å². The summed E-state index contributed by atoms with van der Waals surface area (Å²) in [5, 5.41) is 39.4. The molecule has 2 bridgehead atoms. The Morgan fingerprint density at radius 3 is 2.31 bits per heavy atom. The average Bonchev–Trinajstić information content (AvgIpc) is 2.92. The van der Waals surface area contributed by atoms with Gasteiger partial charge < -0.3 is 9.47 Å². The van der Waals surface area contributed by atoms with Crippen LogP contribution in [0.2, 0.25) is 0 Å². The SMILES string of the molecule is CC1CCC23OC(=N)C(C#N)(C2C1)C(C#N)(C#N)C(c1ccc(C(C)C)cc1)O3. The second kappa shape index (κ2) is 6.31. The van der Waals surface area contributed by atoms with Crippen LogP contribution in [0, 0.1) is 62.1 Å². The summed E-state index contributed by atoms with van der Waals surface area (Å²) in [7, 11) is 0. The zero-order valence-electron chi connectivity index (χ0n) is 16.9. The molecule has 3 fully saturated rings. The molecule has 2 aliphatic heterocycles. The van der Waals surface area contributed by atoms with E-state index in [9.17, 15) is 15.8 Å². The first-order valence-electron chi connectivity index (χ1n) is 10.1. The number of rotatable bonds is 2. The predicted octanol–water partition coefficient (Wildman–Crippen LogP) is 4.56. The van der Waals surface area contributed by atoms with Crippen molar-refractivity contribution >= 4 is 5.90 Å². The maximum absolute atomic E-state index is 10.3. The molecular weight excluding hydrogens is 364 g/mol. The summed E-state index contributed by atoms with van der Waals surface area (Å²) in [5.41, 5.74) is -1.72. The Hall–Kier alpha value is -2.88. The van der Waals surface area contributed by atoms with Gasteiger partial charge >= 0.3 is 0 Å². The van der Waals surface area contributed by atoms with Crippen molar-refractivity contribution in [3.63, 3.8) is 0 Å². The highest BCUT2D eigenvalue weighted by Gasteiger charge is 2.80. The highest BCUT2D eigenvalue weighted by Crippen LogP contribution is 2.69. The third kappa shape index (κ3) is 2.26. The first kappa shape index (κ1) is 19.4. The molecule has 1 aromatic rings. The Bertz CT molecular complexity index is 966. The molecule has 1 saturated carbocycles. The van der Waals surface area contributed by atoms with Gasteiger partial charge in [-0.15, -0.1) is 0 Å². The number of nitrogens with one attached hydrogen (secondary N) is 1. The minimum Gasteiger partial charge on any atom is -0.447 e. The lowest BCUT2D eigenvalue weighted by atomic mass is 9.50. The quantitative estimate of drug-likeness (QED) is 0.797. The van der Waals surface area contributed by atoms with Gasteiger partial charge in [-0.2, -0.15) is 15.8 Å². The van der Waals surface area contributed by atoms with Gasteiger partial charge in [-0.3, -0.25) is 5.41 Å². The van der Waals surface area contributed by atoms with Crippen molar-refractivity contribution in [2.75, 3.05) is 0 Å². The first-order chi connectivity index (χ1) is 13.8. The van der Waals surface area contributed by atoms with Crippen LogP contribution in [0.15, 0.2) is 24.3 Å². The molecule has 5 atom stereocenters. The van der Waals surface area contributed by atoms with E-state index in [1.165, 1.54) is 0 Å². The molecule has 0 spiro atoms. The molecule has 148 valence electrons. The van der Waals surface area contributed by atoms with Gasteiger partial charge in [-0.25, -0.2) is 0 Å². The standard InChI is InChI=1S/C23H24N4O2/c1-14(2)16-4-6-17(7-5-16)19-21(11-24,12-25)22(13-26)18-10-15(3)8-9-23(18,28-19)29-20(22)27/h4-7,14-15,18-19,27H,8-10H2,1-3H3. The van der Waals surface area contributed by atoms with Crippen molar-refractivity contribution < 1.29 is 9.47 Å². The summed E-state index contributed by atoms with van der Waals surface area (Å²) < 4.78 is 12.4. The fraction of sp³-hybridized carbons (Fsp3) is 0.565. The van der Waals surface area contributed by atoms with Crippen LogP contribution in [0.25, 0.3) is 0 Å². The van der Waals surface area contributed by atoms with Crippen LogP contribution in [0.5, 0.6) is 0 Å². The second-order valence-corrected chi connectivity index (χ2v) is 8.95. The van der Waals surface area contributed by atoms with Crippen molar-refractivity contribution in [1.82, 2.24) is 0 Å². The monoisotopic (exact) mass is 388 g/mol. The summed E-state index contributed by atoms with van der Waals surface area (Å²) in [6, 6.07) is 14.1. The molecule has 3 aliphatic rings. The minimum atomic E-state index is -1.86. The predicted molar refractivity (Wildman–Crippen MR) is 104 cm³/mol. The Labute approximate surface area is 171 Å². The van der Waals surface area contributed by atoms with Gasteiger partial charge in [-0.05, 0) is 35.8 Å². The highest BCUT2D eigenvalue weighted by molar-refractivity contribution is 5.89. The molecule has 0 aromatic heterocycles. The zero-order valence-corrected chi connectivity index (χ0v) is 16.9. The average molecular weight is 388 g/mol. The number of hydrogen-bond acceptors (Lipinski definition) is 6. The molecule has 2 saturated heterocycles. The topological polar surface area (TPSA) is 114 Å². The van der Waals surface area contributed by atoms with Gasteiger partial charge in [0.05, 0.1) is 24.1 Å². The van der Waals surface area contributed by atoms with Gasteiger partial charge in [0, 0.05) is 6.42 Å². The normalized spacial score (nSPS) is 37.0. The van der Waals surface area contributed by atoms with Crippen molar-refractivity contribution in [3.8, 4) is 18.2 Å². The number of nitrogens with zero attached hydrogens (tertiary/aromatic N) is 3. The third-order valence-electron chi connectivity index (χ3n) is 7.08. The van der Waals surface area contributed by atoms with E-state index < -0.39 is 28.6 Å². The molecular formula is C23H24N4O2. The van der Waals surface area contributed by atoms with Crippen LogP contribution < -0.4 is 0 Å². The summed E-state index contributed by atoms with van der Waals surface area (Å²) in [4.78, 5) is 0. The Morgan fingerprint density at radius 1 is 1.10 bits per heavy atom. The molecule has 5 unspecified atom stereocenters. The molecule has 0 radical (unpaired) electrons. The van der Waals surface area contributed by atoms with Gasteiger partial charge in [-0.1, -0.05) is 45.0 Å². The van der Waals surface area contributed by atoms with Crippen LogP contribution in [0.4, 0.5) is 0 Å². The Kier molecular flexibility index (Phi) is 4.23. The van der Waals surface area contributed by atoms with Crippen LogP contribution >= 0.6 is 0 Å². The molecule has 1 N–H and O–H groups in total. The van der Waals surface area contributed by atoms with E-state index in [0.29, 0.717) is 30.2 Å². The zero-order chi connectivity index (χ0) is 21.0. The maximum atomic E-state index is 10.3. The lowest BCUT2D eigenvalue weighted by Gasteiger charge is -2.52. The Balaban J connectivity index is 1.93. The lowest BCUT2D eigenvalue weighted by Crippen LogP contribution is -2.60. The molecule has 0 amide bonds. The van der Waals surface area contributed by atoms with Crippen molar-refractivity contribution in [2.24, 2.45) is 22.7 Å². The number of ether oxygens (including phenoxy) is 2. The van der Waals surface area contributed by atoms with Crippen molar-refractivity contribution in [3.05, 3.63) is 35.4 Å². The number of nitriles is 3. The first-order valence-corrected chi connectivity index (χ1v) is 10.1. The van der Waals surface area contributed by atoms with E-state index in [1.54, 1.807) is 0 Å². The fourth-order valence-corrected chi connectivity index (χ4v) is 5.38. The highest BCUT2D eigenvalue weighted by atomic mass is 16.7. The lowest BCUT2D eigenvalue weighted by molar-refractivity contribution is -0.298. The largest absolute Gasteiger partial charge is 0.447 e. The summed E-state index contributed by atoms with van der Waals surface area (Å²) in [6.07, 6.45) is 1.00. The third-order valence-corrected chi connectivity index (χ3v) is 7.08. The fourth-order valence-electron chi connectivity index (χ4n) is 5.38. The van der Waals surface area contributed by atoms with Gasteiger partial charge in [0.25, 0.3) is 0 Å². The summed E-state index contributed by atoms with van der Waals surface area (Å²) in [5.74, 6) is -1.30. The van der Waals surface area contributed by atoms with E-state index in [-0.39, 0.29) is 5.90 Å². The molecule has 1 aliphatic carbocycles. The summed E-state index contributed by atoms with van der Waals surface area (Å²) in [6.45, 7) is 6.26. The van der Waals surface area contributed by atoms with Crippen LogP contribution in [0.3, 0.4) is 0 Å². The van der Waals surface area contributed by atoms with E-state index in [4.69, 9.17) is 14.9 Å². The summed E-state index contributed by atoms with van der Waals surface area (Å²) >= 11 is 0. The van der Waals surface area contributed by atoms with Gasteiger partial charge in [0.2, 0.25) is 17.1 Å². The van der Waals surface area contributed by atoms with E-state index in [1.807, 2.05) is 24.3 Å². The Morgan fingerprint density at radius 2 is 1.76 bits per heavy atom. The molecule has 4 rings (SSSR count). The number of hydrogen-bond donors (Lipinski definition) is 1. The second-order valence-electron chi connectivity index (χ2n) is 8.95. The molecule has 6 heteroatoms. The maximum Gasteiger partial charge on any atom is 0.217 e. The van der Waals surface area contributed by atoms with Gasteiger partial charge in [0.1, 0.15) is 6.10 Å².